The van der Waals surface area contributed by atoms with Gasteiger partial charge < -0.3 is 5.32 Å². The van der Waals surface area contributed by atoms with E-state index in [1.54, 1.807) is 6.92 Å². The van der Waals surface area contributed by atoms with Crippen molar-refractivity contribution in [3.05, 3.63) is 28.7 Å². The molecule has 1 aromatic carbocycles. The number of amides is 1. The van der Waals surface area contributed by atoms with E-state index in [0.29, 0.717) is 12.2 Å². The third kappa shape index (κ3) is 4.28. The Balaban J connectivity index is 2.02. The van der Waals surface area contributed by atoms with Crippen LogP contribution in [0.5, 0.6) is 0 Å². The summed E-state index contributed by atoms with van der Waals surface area (Å²) < 4.78 is 26.1. The zero-order valence-corrected chi connectivity index (χ0v) is 14.3. The second-order valence-electron chi connectivity index (χ2n) is 5.10. The Kier molecular flexibility index (Phi) is 5.40. The zero-order valence-electron chi connectivity index (χ0n) is 11.9. The van der Waals surface area contributed by atoms with Gasteiger partial charge in [0.25, 0.3) is 0 Å². The molecule has 1 atom stereocenters. The molecule has 1 fully saturated rings. The maximum Gasteiger partial charge on any atom is 0.228 e. The van der Waals surface area contributed by atoms with Crippen LogP contribution in [0.3, 0.4) is 0 Å². The van der Waals surface area contributed by atoms with Gasteiger partial charge in [-0.05, 0) is 38.0 Å². The highest BCUT2D eigenvalue weighted by Gasteiger charge is 2.31. The first-order valence-electron chi connectivity index (χ1n) is 6.96. The normalized spacial score (nSPS) is 20.2. The topological polar surface area (TPSA) is 66.5 Å². The Morgan fingerprint density at radius 3 is 2.90 bits per heavy atom. The van der Waals surface area contributed by atoms with Crippen molar-refractivity contribution in [3.63, 3.8) is 0 Å². The number of nitrogens with zero attached hydrogens (tertiary/aromatic N) is 1. The van der Waals surface area contributed by atoms with Crippen LogP contribution in [-0.2, 0) is 14.8 Å². The van der Waals surface area contributed by atoms with Crippen LogP contribution in [0.25, 0.3) is 0 Å². The molecule has 1 aliphatic heterocycles. The Labute approximate surface area is 133 Å². The number of nitrogens with one attached hydrogen (secondary N) is 1. The van der Waals surface area contributed by atoms with E-state index in [9.17, 15) is 13.2 Å². The van der Waals surface area contributed by atoms with Crippen LogP contribution in [0.1, 0.15) is 19.8 Å². The molecule has 1 amide bonds. The molecule has 1 N–H and O–H groups in total. The third-order valence-electron chi connectivity index (χ3n) is 3.61. The van der Waals surface area contributed by atoms with Gasteiger partial charge in [0.2, 0.25) is 15.9 Å². The third-order valence-corrected chi connectivity index (χ3v) is 5.95. The average Bonchev–Trinajstić information content (AvgIpc) is 2.47. The molecule has 1 aromatic rings. The maximum atomic E-state index is 12.3. The Hall–Kier alpha value is -0.920. The van der Waals surface area contributed by atoms with E-state index in [1.807, 2.05) is 24.3 Å². The van der Waals surface area contributed by atoms with E-state index in [4.69, 9.17) is 0 Å². The van der Waals surface area contributed by atoms with Gasteiger partial charge in [-0.1, -0.05) is 22.0 Å². The molecular weight excluding hydrogens is 356 g/mol. The summed E-state index contributed by atoms with van der Waals surface area (Å²) in [6, 6.07) is 7.35. The number of carbonyl (C=O) groups excluding carboxylic acids is 1. The Morgan fingerprint density at radius 1 is 1.48 bits per heavy atom. The van der Waals surface area contributed by atoms with E-state index < -0.39 is 10.0 Å². The van der Waals surface area contributed by atoms with Crippen LogP contribution in [0.15, 0.2) is 28.7 Å². The number of sulfonamides is 1. The van der Waals surface area contributed by atoms with Gasteiger partial charge in [0.1, 0.15) is 0 Å². The number of anilines is 1. The second-order valence-corrected chi connectivity index (χ2v) is 8.27. The maximum absolute atomic E-state index is 12.3. The predicted octanol–water partition coefficient (Wildman–Crippen LogP) is 2.45. The molecule has 0 spiro atoms. The molecule has 21 heavy (non-hydrogen) atoms. The van der Waals surface area contributed by atoms with Crippen molar-refractivity contribution in [2.24, 2.45) is 5.92 Å². The summed E-state index contributed by atoms with van der Waals surface area (Å²) >= 11 is 3.35. The summed E-state index contributed by atoms with van der Waals surface area (Å²) in [5, 5.41) is 2.85. The molecule has 0 bridgehead atoms. The lowest BCUT2D eigenvalue weighted by Crippen LogP contribution is -2.44. The minimum absolute atomic E-state index is 0.0764. The van der Waals surface area contributed by atoms with E-state index in [1.165, 1.54) is 4.31 Å². The molecule has 2 rings (SSSR count). The molecule has 0 aliphatic carbocycles. The SMILES string of the molecule is CCS(=O)(=O)N1CCC[C@H](C(=O)Nc2cccc(Br)c2)C1. The van der Waals surface area contributed by atoms with Crippen LogP contribution < -0.4 is 5.32 Å². The van der Waals surface area contributed by atoms with Gasteiger partial charge in [0, 0.05) is 23.2 Å². The van der Waals surface area contributed by atoms with Crippen molar-refractivity contribution < 1.29 is 13.2 Å². The summed E-state index contributed by atoms with van der Waals surface area (Å²) in [7, 11) is -3.22. The fourth-order valence-electron chi connectivity index (χ4n) is 2.40. The summed E-state index contributed by atoms with van der Waals surface area (Å²) in [4.78, 5) is 12.3. The molecular formula is C14H19BrN2O3S. The number of halogens is 1. The molecule has 1 aliphatic rings. The van der Waals surface area contributed by atoms with E-state index >= 15 is 0 Å². The lowest BCUT2D eigenvalue weighted by molar-refractivity contribution is -0.120. The van der Waals surface area contributed by atoms with Gasteiger partial charge in [-0.2, -0.15) is 0 Å². The number of hydrogen-bond acceptors (Lipinski definition) is 3. The molecule has 1 saturated heterocycles. The molecule has 0 aromatic heterocycles. The minimum Gasteiger partial charge on any atom is -0.326 e. The van der Waals surface area contributed by atoms with Crippen molar-refractivity contribution >= 4 is 37.5 Å². The van der Waals surface area contributed by atoms with Crippen LogP contribution >= 0.6 is 15.9 Å². The van der Waals surface area contributed by atoms with E-state index in [0.717, 1.165) is 17.3 Å². The number of carbonyl (C=O) groups is 1. The van der Waals surface area contributed by atoms with Crippen molar-refractivity contribution in [1.82, 2.24) is 4.31 Å². The summed E-state index contributed by atoms with van der Waals surface area (Å²) in [6.45, 7) is 2.41. The molecule has 0 radical (unpaired) electrons. The number of rotatable bonds is 4. The second kappa shape index (κ2) is 6.89. The van der Waals surface area contributed by atoms with Crippen molar-refractivity contribution in [2.45, 2.75) is 19.8 Å². The van der Waals surface area contributed by atoms with Crippen LogP contribution in [-0.4, -0.2) is 37.5 Å². The van der Waals surface area contributed by atoms with Crippen molar-refractivity contribution in [1.29, 1.82) is 0 Å². The predicted molar refractivity (Wildman–Crippen MR) is 86.5 cm³/mol. The molecule has 1 heterocycles. The number of hydrogen-bond donors (Lipinski definition) is 1. The highest BCUT2D eigenvalue weighted by Crippen LogP contribution is 2.22. The Bertz CT molecular complexity index is 618. The zero-order chi connectivity index (χ0) is 15.5. The van der Waals surface area contributed by atoms with Crippen LogP contribution in [0, 0.1) is 5.92 Å². The standard InChI is InChI=1S/C14H19BrN2O3S/c1-2-21(19,20)17-8-4-5-11(10-17)14(18)16-13-7-3-6-12(15)9-13/h3,6-7,9,11H,2,4-5,8,10H2,1H3,(H,16,18)/t11-/m0/s1. The highest BCUT2D eigenvalue weighted by molar-refractivity contribution is 9.10. The van der Waals surface area contributed by atoms with E-state index in [-0.39, 0.29) is 24.1 Å². The van der Waals surface area contributed by atoms with Gasteiger partial charge in [-0.25, -0.2) is 12.7 Å². The van der Waals surface area contributed by atoms with Gasteiger partial charge in [0.15, 0.2) is 0 Å². The minimum atomic E-state index is -3.22. The smallest absolute Gasteiger partial charge is 0.228 e. The first-order chi connectivity index (χ1) is 9.92. The molecule has 0 unspecified atom stereocenters. The summed E-state index contributed by atoms with van der Waals surface area (Å²) in [6.07, 6.45) is 1.44. The fourth-order valence-corrected chi connectivity index (χ4v) is 3.98. The summed E-state index contributed by atoms with van der Waals surface area (Å²) in [5.74, 6) is -0.337. The number of piperidine rings is 1. The molecule has 116 valence electrons. The molecule has 7 heteroatoms. The lowest BCUT2D eigenvalue weighted by atomic mass is 9.99. The highest BCUT2D eigenvalue weighted by atomic mass is 79.9. The van der Waals surface area contributed by atoms with Gasteiger partial charge in [-0.3, -0.25) is 4.79 Å². The Morgan fingerprint density at radius 2 is 2.24 bits per heavy atom. The van der Waals surface area contributed by atoms with Gasteiger partial charge >= 0.3 is 0 Å². The monoisotopic (exact) mass is 374 g/mol. The molecule has 0 saturated carbocycles. The fraction of sp³-hybridized carbons (Fsp3) is 0.500. The van der Waals surface area contributed by atoms with Crippen LogP contribution in [0.2, 0.25) is 0 Å². The number of benzene rings is 1. The van der Waals surface area contributed by atoms with Crippen molar-refractivity contribution in [3.8, 4) is 0 Å². The first kappa shape index (κ1) is 16.5. The van der Waals surface area contributed by atoms with Gasteiger partial charge in [-0.15, -0.1) is 0 Å². The van der Waals surface area contributed by atoms with Gasteiger partial charge in [0.05, 0.1) is 11.7 Å². The van der Waals surface area contributed by atoms with Crippen molar-refractivity contribution in [2.75, 3.05) is 24.2 Å². The molecule has 5 nitrogen and oxygen atoms in total. The quantitative estimate of drug-likeness (QED) is 0.879. The lowest BCUT2D eigenvalue weighted by Gasteiger charge is -2.30. The summed E-state index contributed by atoms with van der Waals surface area (Å²) in [5.41, 5.74) is 0.713. The van der Waals surface area contributed by atoms with E-state index in [2.05, 4.69) is 21.2 Å². The largest absolute Gasteiger partial charge is 0.326 e. The van der Waals surface area contributed by atoms with Crippen LogP contribution in [0.4, 0.5) is 5.69 Å². The average molecular weight is 375 g/mol. The first-order valence-corrected chi connectivity index (χ1v) is 9.37.